The van der Waals surface area contributed by atoms with E-state index in [1.54, 1.807) is 36.4 Å². The van der Waals surface area contributed by atoms with E-state index in [-0.39, 0.29) is 23.4 Å². The van der Waals surface area contributed by atoms with Crippen molar-refractivity contribution < 1.29 is 17.9 Å². The molecular weight excluding hydrogens is 424 g/mol. The molecule has 3 atom stereocenters. The highest BCUT2D eigenvalue weighted by Crippen LogP contribution is 2.44. The smallest absolute Gasteiger partial charge is 0.264 e. The fourth-order valence-electron chi connectivity index (χ4n) is 4.60. The molecule has 2 bridgehead atoms. The van der Waals surface area contributed by atoms with Crippen molar-refractivity contribution in [3.05, 3.63) is 53.6 Å². The van der Waals surface area contributed by atoms with Crippen LogP contribution in [0.3, 0.4) is 0 Å². The molecule has 0 heterocycles. The van der Waals surface area contributed by atoms with Crippen molar-refractivity contribution in [2.75, 3.05) is 18.0 Å². The Morgan fingerprint density at radius 3 is 2.37 bits per heavy atom. The summed E-state index contributed by atoms with van der Waals surface area (Å²) in [5.41, 5.74) is 0.387. The van der Waals surface area contributed by atoms with Crippen LogP contribution in [0.2, 0.25) is 5.02 Å². The van der Waals surface area contributed by atoms with Crippen LogP contribution in [0.15, 0.2) is 53.4 Å². The van der Waals surface area contributed by atoms with Gasteiger partial charge in [0.15, 0.2) is 0 Å². The zero-order chi connectivity index (χ0) is 21.3. The van der Waals surface area contributed by atoms with Crippen LogP contribution in [0.25, 0.3) is 0 Å². The van der Waals surface area contributed by atoms with E-state index < -0.39 is 10.0 Å². The summed E-state index contributed by atoms with van der Waals surface area (Å²) in [6, 6.07) is 12.7. The Balaban J connectivity index is 1.58. The maximum absolute atomic E-state index is 13.4. The first-order chi connectivity index (χ1) is 14.4. The Hall–Kier alpha value is -2.25. The molecule has 160 valence electrons. The zero-order valence-electron chi connectivity index (χ0n) is 16.8. The van der Waals surface area contributed by atoms with Gasteiger partial charge in [-0.25, -0.2) is 8.42 Å². The number of sulfonamides is 1. The second kappa shape index (κ2) is 8.47. The molecule has 2 aromatic carbocycles. The number of halogens is 1. The van der Waals surface area contributed by atoms with Crippen LogP contribution in [-0.4, -0.2) is 34.0 Å². The second-order valence-corrected chi connectivity index (χ2v) is 10.3. The third-order valence-corrected chi connectivity index (χ3v) is 8.17. The van der Waals surface area contributed by atoms with Crippen LogP contribution in [0.5, 0.6) is 5.75 Å². The topological polar surface area (TPSA) is 75.7 Å². The molecule has 0 saturated heterocycles. The SMILES string of the molecule is COc1ccc(S(=O)(=O)N(CC(=O)NC2CC3CCC2C3)c2ccc(Cl)cc2)cc1. The number of methoxy groups -OCH3 is 1. The number of rotatable bonds is 7. The van der Waals surface area contributed by atoms with Crippen LogP contribution >= 0.6 is 11.6 Å². The maximum atomic E-state index is 13.4. The number of fused-ring (bicyclic) bond motifs is 2. The van der Waals surface area contributed by atoms with Gasteiger partial charge in [0.05, 0.1) is 17.7 Å². The first kappa shape index (κ1) is 21.0. The molecule has 3 unspecified atom stereocenters. The van der Waals surface area contributed by atoms with Crippen LogP contribution < -0.4 is 14.4 Å². The van der Waals surface area contributed by atoms with Gasteiger partial charge in [-0.2, -0.15) is 0 Å². The summed E-state index contributed by atoms with van der Waals surface area (Å²) in [6.07, 6.45) is 4.53. The van der Waals surface area contributed by atoms with Crippen molar-refractivity contribution in [2.24, 2.45) is 11.8 Å². The predicted octanol–water partition coefficient (Wildman–Crippen LogP) is 3.85. The average Bonchev–Trinajstić information content (AvgIpc) is 3.36. The van der Waals surface area contributed by atoms with Gasteiger partial charge in [-0.05, 0) is 79.6 Å². The van der Waals surface area contributed by atoms with Gasteiger partial charge in [0, 0.05) is 11.1 Å². The van der Waals surface area contributed by atoms with E-state index in [0.29, 0.717) is 28.3 Å². The lowest BCUT2D eigenvalue weighted by Crippen LogP contribution is -2.45. The van der Waals surface area contributed by atoms with E-state index in [1.807, 2.05) is 0 Å². The zero-order valence-corrected chi connectivity index (χ0v) is 18.3. The third-order valence-electron chi connectivity index (χ3n) is 6.13. The molecule has 0 aliphatic heterocycles. The maximum Gasteiger partial charge on any atom is 0.264 e. The Kier molecular flexibility index (Phi) is 5.93. The molecule has 4 rings (SSSR count). The number of nitrogens with zero attached hydrogens (tertiary/aromatic N) is 1. The van der Waals surface area contributed by atoms with Gasteiger partial charge in [-0.3, -0.25) is 9.10 Å². The summed E-state index contributed by atoms with van der Waals surface area (Å²) >= 11 is 5.98. The fraction of sp³-hybridized carbons (Fsp3) is 0.409. The van der Waals surface area contributed by atoms with E-state index in [2.05, 4.69) is 5.32 Å². The minimum atomic E-state index is -3.96. The van der Waals surface area contributed by atoms with E-state index in [0.717, 1.165) is 23.6 Å². The molecule has 0 spiro atoms. The first-order valence-electron chi connectivity index (χ1n) is 10.1. The quantitative estimate of drug-likeness (QED) is 0.698. The number of amides is 1. The summed E-state index contributed by atoms with van der Waals surface area (Å²) in [6.45, 7) is -0.288. The van der Waals surface area contributed by atoms with Gasteiger partial charge in [0.2, 0.25) is 5.91 Å². The van der Waals surface area contributed by atoms with Crippen molar-refractivity contribution in [3.63, 3.8) is 0 Å². The molecule has 2 saturated carbocycles. The van der Waals surface area contributed by atoms with Gasteiger partial charge in [0.25, 0.3) is 10.0 Å². The van der Waals surface area contributed by atoms with Gasteiger partial charge in [-0.1, -0.05) is 18.0 Å². The molecule has 0 radical (unpaired) electrons. The molecule has 6 nitrogen and oxygen atoms in total. The summed E-state index contributed by atoms with van der Waals surface area (Å²) in [7, 11) is -2.44. The van der Waals surface area contributed by atoms with Gasteiger partial charge in [-0.15, -0.1) is 0 Å². The molecule has 1 amide bonds. The molecule has 2 fully saturated rings. The number of ether oxygens (including phenoxy) is 1. The molecular formula is C22H25ClN2O4S. The van der Waals surface area contributed by atoms with Gasteiger partial charge < -0.3 is 10.1 Å². The largest absolute Gasteiger partial charge is 0.497 e. The van der Waals surface area contributed by atoms with Crippen LogP contribution in [0.1, 0.15) is 25.7 Å². The Bertz CT molecular complexity index is 1010. The Morgan fingerprint density at radius 1 is 1.10 bits per heavy atom. The number of carbonyl (C=O) groups is 1. The van der Waals surface area contributed by atoms with E-state index in [9.17, 15) is 13.2 Å². The summed E-state index contributed by atoms with van der Waals surface area (Å²) in [5.74, 6) is 1.47. The highest BCUT2D eigenvalue weighted by molar-refractivity contribution is 7.92. The number of carbonyl (C=O) groups excluding carboxylic acids is 1. The second-order valence-electron chi connectivity index (χ2n) is 8.01. The lowest BCUT2D eigenvalue weighted by molar-refractivity contribution is -0.120. The van der Waals surface area contributed by atoms with Crippen molar-refractivity contribution in [2.45, 2.75) is 36.6 Å². The molecule has 8 heteroatoms. The summed E-state index contributed by atoms with van der Waals surface area (Å²) in [5, 5.41) is 3.57. The number of hydrogen-bond donors (Lipinski definition) is 1. The number of nitrogens with one attached hydrogen (secondary N) is 1. The summed E-state index contributed by atoms with van der Waals surface area (Å²) in [4.78, 5) is 12.9. The van der Waals surface area contributed by atoms with E-state index in [4.69, 9.17) is 16.3 Å². The van der Waals surface area contributed by atoms with Crippen LogP contribution in [0.4, 0.5) is 5.69 Å². The lowest BCUT2D eigenvalue weighted by atomic mass is 9.95. The first-order valence-corrected chi connectivity index (χ1v) is 11.9. The highest BCUT2D eigenvalue weighted by atomic mass is 35.5. The fourth-order valence-corrected chi connectivity index (χ4v) is 6.15. The average molecular weight is 449 g/mol. The standard InChI is InChI=1S/C22H25ClN2O4S/c1-29-19-8-10-20(11-9-19)30(27,28)25(18-6-4-17(23)5-7-18)14-22(26)24-21-13-15-2-3-16(21)12-15/h4-11,15-16,21H,2-3,12-14H2,1H3,(H,24,26). The number of hydrogen-bond acceptors (Lipinski definition) is 4. The minimum Gasteiger partial charge on any atom is -0.497 e. The van der Waals surface area contributed by atoms with Crippen molar-refractivity contribution >= 4 is 33.2 Å². The summed E-state index contributed by atoms with van der Waals surface area (Å²) < 4.78 is 33.0. The highest BCUT2D eigenvalue weighted by Gasteiger charge is 2.40. The Labute approximate surface area is 182 Å². The monoisotopic (exact) mass is 448 g/mol. The number of anilines is 1. The van der Waals surface area contributed by atoms with Gasteiger partial charge >= 0.3 is 0 Å². The molecule has 2 aliphatic rings. The molecule has 30 heavy (non-hydrogen) atoms. The molecule has 2 aliphatic carbocycles. The Morgan fingerprint density at radius 2 is 1.80 bits per heavy atom. The van der Waals surface area contributed by atoms with Gasteiger partial charge in [0.1, 0.15) is 12.3 Å². The molecule has 0 aromatic heterocycles. The molecule has 1 N–H and O–H groups in total. The minimum absolute atomic E-state index is 0.0889. The van der Waals surface area contributed by atoms with Crippen molar-refractivity contribution in [3.8, 4) is 5.75 Å². The van der Waals surface area contributed by atoms with Crippen molar-refractivity contribution in [1.82, 2.24) is 5.32 Å². The predicted molar refractivity (Wildman–Crippen MR) is 116 cm³/mol. The lowest BCUT2D eigenvalue weighted by Gasteiger charge is -2.27. The third kappa shape index (κ3) is 4.27. The normalized spacial score (nSPS) is 22.7. The number of benzene rings is 2. The van der Waals surface area contributed by atoms with E-state index in [1.165, 1.54) is 25.7 Å². The van der Waals surface area contributed by atoms with E-state index >= 15 is 0 Å². The van der Waals surface area contributed by atoms with Crippen LogP contribution in [-0.2, 0) is 14.8 Å². The van der Waals surface area contributed by atoms with Crippen molar-refractivity contribution in [1.29, 1.82) is 0 Å². The molecule has 2 aromatic rings. The van der Waals surface area contributed by atoms with Crippen LogP contribution in [0, 0.1) is 11.8 Å².